The van der Waals surface area contributed by atoms with Crippen LogP contribution in [0.1, 0.15) is 12.7 Å². The smallest absolute Gasteiger partial charge is 0.242 e. The van der Waals surface area contributed by atoms with Crippen molar-refractivity contribution in [1.82, 2.24) is 14.5 Å². The Morgan fingerprint density at radius 1 is 1.48 bits per heavy atom. The van der Waals surface area contributed by atoms with E-state index in [4.69, 9.17) is 16.3 Å². The highest BCUT2D eigenvalue weighted by Gasteiger charge is 2.17. The number of methoxy groups -OCH3 is 1. The maximum Gasteiger partial charge on any atom is 0.242 e. The van der Waals surface area contributed by atoms with Crippen molar-refractivity contribution < 1.29 is 9.53 Å². The monoisotopic (exact) mass is 309 g/mol. The first-order valence-corrected chi connectivity index (χ1v) is 7.47. The van der Waals surface area contributed by atoms with Gasteiger partial charge in [-0.25, -0.2) is 4.98 Å². The molecule has 6 heteroatoms. The van der Waals surface area contributed by atoms with Gasteiger partial charge in [-0.1, -0.05) is 6.07 Å². The van der Waals surface area contributed by atoms with Crippen molar-refractivity contribution in [2.75, 3.05) is 26.6 Å². The Labute approximate surface area is 129 Å². The maximum atomic E-state index is 12.2. The molecule has 1 amide bonds. The number of carbonyl (C=O) groups excluding carboxylic acids is 1. The number of aryl methyl sites for hydroxylation is 1. The van der Waals surface area contributed by atoms with Crippen LogP contribution in [0.25, 0.3) is 11.0 Å². The van der Waals surface area contributed by atoms with Crippen molar-refractivity contribution in [2.24, 2.45) is 0 Å². The van der Waals surface area contributed by atoms with E-state index >= 15 is 0 Å². The summed E-state index contributed by atoms with van der Waals surface area (Å²) in [5.74, 6) is 2.03. The number of rotatable bonds is 6. The number of ether oxygens (including phenoxy) is 1. The number of amides is 1. The summed E-state index contributed by atoms with van der Waals surface area (Å²) >= 11 is 5.86. The first-order chi connectivity index (χ1) is 10.1. The summed E-state index contributed by atoms with van der Waals surface area (Å²) in [6.07, 6.45) is 0.614. The molecule has 114 valence electrons. The molecular weight excluding hydrogens is 290 g/mol. The predicted octanol–water partition coefficient (Wildman–Crippen LogP) is 2.30. The van der Waals surface area contributed by atoms with Crippen LogP contribution in [0, 0.1) is 0 Å². The van der Waals surface area contributed by atoms with E-state index < -0.39 is 0 Å². The van der Waals surface area contributed by atoms with Gasteiger partial charge in [-0.05, 0) is 19.1 Å². The van der Waals surface area contributed by atoms with Gasteiger partial charge in [0.2, 0.25) is 5.91 Å². The van der Waals surface area contributed by atoms with Crippen molar-refractivity contribution in [1.29, 1.82) is 0 Å². The van der Waals surface area contributed by atoms with Crippen molar-refractivity contribution in [3.05, 3.63) is 24.0 Å². The molecule has 0 aliphatic rings. The van der Waals surface area contributed by atoms with E-state index in [1.54, 1.807) is 19.1 Å². The molecule has 1 aromatic carbocycles. The molecule has 0 spiro atoms. The average molecular weight is 310 g/mol. The van der Waals surface area contributed by atoms with E-state index in [-0.39, 0.29) is 12.5 Å². The van der Waals surface area contributed by atoms with Crippen LogP contribution in [-0.4, -0.2) is 46.9 Å². The van der Waals surface area contributed by atoms with Crippen LogP contribution in [0.3, 0.4) is 0 Å². The van der Waals surface area contributed by atoms with Crippen molar-refractivity contribution >= 4 is 28.5 Å². The molecule has 0 radical (unpaired) electrons. The number of benzene rings is 1. The number of hydrogen-bond donors (Lipinski definition) is 0. The lowest BCUT2D eigenvalue weighted by molar-refractivity contribution is -0.130. The number of halogens is 1. The van der Waals surface area contributed by atoms with Crippen LogP contribution < -0.4 is 4.74 Å². The van der Waals surface area contributed by atoms with Gasteiger partial charge in [0.25, 0.3) is 0 Å². The van der Waals surface area contributed by atoms with Gasteiger partial charge in [0.1, 0.15) is 23.6 Å². The lowest BCUT2D eigenvalue weighted by Gasteiger charge is -2.16. The molecular formula is C15H20ClN3O2. The number of hydrogen-bond acceptors (Lipinski definition) is 3. The number of carbonyl (C=O) groups is 1. The minimum absolute atomic E-state index is 0.0513. The normalized spacial score (nSPS) is 10.9. The number of imidazole rings is 1. The Morgan fingerprint density at radius 2 is 2.24 bits per heavy atom. The van der Waals surface area contributed by atoms with Gasteiger partial charge in [0.05, 0.1) is 12.6 Å². The van der Waals surface area contributed by atoms with Crippen LogP contribution in [-0.2, 0) is 17.8 Å². The number of fused-ring (bicyclic) bond motifs is 1. The van der Waals surface area contributed by atoms with Gasteiger partial charge in [0.15, 0.2) is 0 Å². The molecule has 1 aromatic heterocycles. The second-order valence-corrected chi connectivity index (χ2v) is 5.17. The summed E-state index contributed by atoms with van der Waals surface area (Å²) in [7, 11) is 3.41. The van der Waals surface area contributed by atoms with Crippen molar-refractivity contribution in [3.63, 3.8) is 0 Å². The van der Waals surface area contributed by atoms with Gasteiger partial charge in [-0.2, -0.15) is 0 Å². The molecule has 0 atom stereocenters. The van der Waals surface area contributed by atoms with Gasteiger partial charge < -0.3 is 14.2 Å². The van der Waals surface area contributed by atoms with Gasteiger partial charge >= 0.3 is 0 Å². The first-order valence-electron chi connectivity index (χ1n) is 6.94. The Morgan fingerprint density at radius 3 is 2.86 bits per heavy atom. The Bertz CT molecular complexity index is 639. The molecule has 5 nitrogen and oxygen atoms in total. The molecule has 2 rings (SSSR count). The molecule has 0 saturated heterocycles. The van der Waals surface area contributed by atoms with Gasteiger partial charge in [-0.15, -0.1) is 11.6 Å². The van der Waals surface area contributed by atoms with Crippen LogP contribution >= 0.6 is 11.6 Å². The summed E-state index contributed by atoms with van der Waals surface area (Å²) in [5.41, 5.74) is 1.67. The standard InChI is InChI=1S/C15H20ClN3O2/c1-4-18(2)14(20)10-19-11-6-5-7-12(21-3)15(11)17-13(19)8-9-16/h5-7H,4,8-10H2,1-3H3. The Kier molecular flexibility index (Phi) is 5.07. The minimum Gasteiger partial charge on any atom is -0.494 e. The van der Waals surface area contributed by atoms with Gasteiger partial charge in [0, 0.05) is 25.9 Å². The van der Waals surface area contributed by atoms with Crippen molar-refractivity contribution in [2.45, 2.75) is 19.9 Å². The molecule has 0 bridgehead atoms. The summed E-state index contributed by atoms with van der Waals surface area (Å²) in [6, 6.07) is 5.71. The fourth-order valence-corrected chi connectivity index (χ4v) is 2.39. The third kappa shape index (κ3) is 3.13. The quantitative estimate of drug-likeness (QED) is 0.769. The van der Waals surface area contributed by atoms with Crippen LogP contribution in [0.4, 0.5) is 0 Å². The number of aromatic nitrogens is 2. The topological polar surface area (TPSA) is 47.4 Å². The van der Waals surface area contributed by atoms with E-state index in [9.17, 15) is 4.79 Å². The fourth-order valence-electron chi connectivity index (χ4n) is 2.22. The minimum atomic E-state index is 0.0513. The van der Waals surface area contributed by atoms with E-state index in [1.165, 1.54) is 0 Å². The molecule has 2 aromatic rings. The Hall–Kier alpha value is -1.75. The van der Waals surface area contributed by atoms with E-state index in [0.717, 1.165) is 16.9 Å². The highest BCUT2D eigenvalue weighted by molar-refractivity contribution is 6.17. The fraction of sp³-hybridized carbons (Fsp3) is 0.467. The largest absolute Gasteiger partial charge is 0.494 e. The van der Waals surface area contributed by atoms with Gasteiger partial charge in [-0.3, -0.25) is 4.79 Å². The highest BCUT2D eigenvalue weighted by Crippen LogP contribution is 2.26. The van der Waals surface area contributed by atoms with Crippen LogP contribution in [0.2, 0.25) is 0 Å². The van der Waals surface area contributed by atoms with Crippen molar-refractivity contribution in [3.8, 4) is 5.75 Å². The molecule has 1 heterocycles. The number of likely N-dealkylation sites (N-methyl/N-ethyl adjacent to an activating group) is 1. The second-order valence-electron chi connectivity index (χ2n) is 4.79. The molecule has 0 aliphatic carbocycles. The third-order valence-corrected chi connectivity index (χ3v) is 3.74. The summed E-state index contributed by atoms with van der Waals surface area (Å²) in [6.45, 7) is 2.90. The zero-order chi connectivity index (χ0) is 15.4. The SMILES string of the molecule is CCN(C)C(=O)Cn1c(CCCl)nc2c(OC)cccc21. The molecule has 0 fully saturated rings. The lowest BCUT2D eigenvalue weighted by atomic mass is 10.3. The first kappa shape index (κ1) is 15.6. The number of para-hydroxylation sites is 1. The molecule has 0 N–H and O–H groups in total. The number of nitrogens with zero attached hydrogens (tertiary/aromatic N) is 3. The zero-order valence-electron chi connectivity index (χ0n) is 12.6. The predicted molar refractivity (Wildman–Crippen MR) is 84.0 cm³/mol. The van der Waals surface area contributed by atoms with E-state index in [2.05, 4.69) is 4.98 Å². The highest BCUT2D eigenvalue weighted by atomic mass is 35.5. The summed E-state index contributed by atoms with van der Waals surface area (Å²) < 4.78 is 7.27. The third-order valence-electron chi connectivity index (χ3n) is 3.55. The molecule has 0 unspecified atom stereocenters. The molecule has 21 heavy (non-hydrogen) atoms. The number of alkyl halides is 1. The maximum absolute atomic E-state index is 12.2. The second kappa shape index (κ2) is 6.80. The zero-order valence-corrected chi connectivity index (χ0v) is 13.4. The lowest BCUT2D eigenvalue weighted by Crippen LogP contribution is -2.30. The summed E-state index contributed by atoms with van der Waals surface area (Å²) in [4.78, 5) is 18.5. The summed E-state index contributed by atoms with van der Waals surface area (Å²) in [5, 5.41) is 0. The average Bonchev–Trinajstić information content (AvgIpc) is 2.84. The van der Waals surface area contributed by atoms with Crippen LogP contribution in [0.15, 0.2) is 18.2 Å². The molecule has 0 aliphatic heterocycles. The Balaban J connectivity index is 2.49. The molecule has 0 saturated carbocycles. The van der Waals surface area contributed by atoms with E-state index in [1.807, 2.05) is 29.7 Å². The van der Waals surface area contributed by atoms with E-state index in [0.29, 0.717) is 24.6 Å². The van der Waals surface area contributed by atoms with Crippen LogP contribution in [0.5, 0.6) is 5.75 Å².